The predicted octanol–water partition coefficient (Wildman–Crippen LogP) is 1.90. The SMILES string of the molecule is C=C(O)Cc1ccc(CCO)s1. The van der Waals surface area contributed by atoms with Crippen molar-refractivity contribution in [2.24, 2.45) is 0 Å². The normalized spacial score (nSPS) is 10.1. The summed E-state index contributed by atoms with van der Waals surface area (Å²) in [6.45, 7) is 3.60. The average Bonchev–Trinajstić information content (AvgIpc) is 2.36. The molecule has 1 aromatic rings. The molecule has 0 spiro atoms. The van der Waals surface area contributed by atoms with Gasteiger partial charge in [0.25, 0.3) is 0 Å². The Kier molecular flexibility index (Phi) is 3.31. The molecule has 0 atom stereocenters. The van der Waals surface area contributed by atoms with Gasteiger partial charge in [-0.3, -0.25) is 0 Å². The van der Waals surface area contributed by atoms with Gasteiger partial charge in [-0.05, 0) is 12.1 Å². The number of hydrogen-bond donors (Lipinski definition) is 2. The van der Waals surface area contributed by atoms with Crippen molar-refractivity contribution in [2.75, 3.05) is 6.61 Å². The topological polar surface area (TPSA) is 40.5 Å². The lowest BCUT2D eigenvalue weighted by Crippen LogP contribution is -1.85. The molecule has 0 aliphatic carbocycles. The van der Waals surface area contributed by atoms with Gasteiger partial charge in [-0.15, -0.1) is 11.3 Å². The molecular formula is C9H12O2S. The van der Waals surface area contributed by atoms with Crippen LogP contribution in [-0.2, 0) is 12.8 Å². The first-order chi connectivity index (χ1) is 5.72. The van der Waals surface area contributed by atoms with Gasteiger partial charge in [-0.2, -0.15) is 0 Å². The van der Waals surface area contributed by atoms with E-state index in [1.54, 1.807) is 11.3 Å². The highest BCUT2D eigenvalue weighted by molar-refractivity contribution is 7.12. The van der Waals surface area contributed by atoms with E-state index in [9.17, 15) is 0 Å². The Morgan fingerprint density at radius 2 is 2.08 bits per heavy atom. The molecule has 12 heavy (non-hydrogen) atoms. The first-order valence-electron chi connectivity index (χ1n) is 3.77. The number of allylic oxidation sites excluding steroid dienone is 1. The molecule has 1 aromatic heterocycles. The Morgan fingerprint density at radius 3 is 2.67 bits per heavy atom. The molecule has 0 amide bonds. The van der Waals surface area contributed by atoms with E-state index in [1.807, 2.05) is 12.1 Å². The Balaban J connectivity index is 2.58. The highest BCUT2D eigenvalue weighted by atomic mass is 32.1. The van der Waals surface area contributed by atoms with Crippen molar-refractivity contribution in [2.45, 2.75) is 12.8 Å². The molecule has 0 saturated heterocycles. The number of aliphatic hydroxyl groups is 2. The molecule has 0 saturated carbocycles. The molecule has 1 rings (SSSR count). The second-order valence-electron chi connectivity index (χ2n) is 2.58. The van der Waals surface area contributed by atoms with E-state index in [1.165, 1.54) is 0 Å². The van der Waals surface area contributed by atoms with Crippen molar-refractivity contribution in [1.29, 1.82) is 0 Å². The number of aliphatic hydroxyl groups excluding tert-OH is 2. The summed E-state index contributed by atoms with van der Waals surface area (Å²) in [5, 5.41) is 17.6. The van der Waals surface area contributed by atoms with E-state index in [-0.39, 0.29) is 12.4 Å². The van der Waals surface area contributed by atoms with Crippen LogP contribution in [0.4, 0.5) is 0 Å². The third-order valence-electron chi connectivity index (χ3n) is 1.45. The summed E-state index contributed by atoms with van der Waals surface area (Å²) in [7, 11) is 0. The third-order valence-corrected chi connectivity index (χ3v) is 2.60. The summed E-state index contributed by atoms with van der Waals surface area (Å²) in [4.78, 5) is 2.24. The van der Waals surface area contributed by atoms with Crippen molar-refractivity contribution in [3.8, 4) is 0 Å². The highest BCUT2D eigenvalue weighted by Gasteiger charge is 2.00. The third kappa shape index (κ3) is 2.68. The number of hydrogen-bond acceptors (Lipinski definition) is 3. The average molecular weight is 184 g/mol. The molecule has 1 heterocycles. The van der Waals surface area contributed by atoms with Gasteiger partial charge >= 0.3 is 0 Å². The van der Waals surface area contributed by atoms with Crippen LogP contribution in [0.3, 0.4) is 0 Å². The number of thiophene rings is 1. The smallest absolute Gasteiger partial charge is 0.0903 e. The zero-order valence-corrected chi connectivity index (χ0v) is 7.60. The summed E-state index contributed by atoms with van der Waals surface area (Å²) in [5.74, 6) is 0.187. The zero-order valence-electron chi connectivity index (χ0n) is 6.79. The van der Waals surface area contributed by atoms with E-state index in [0.29, 0.717) is 12.8 Å². The minimum Gasteiger partial charge on any atom is -0.513 e. The largest absolute Gasteiger partial charge is 0.513 e. The van der Waals surface area contributed by atoms with Crippen LogP contribution >= 0.6 is 11.3 Å². The quantitative estimate of drug-likeness (QED) is 0.702. The fourth-order valence-corrected chi connectivity index (χ4v) is 2.00. The predicted molar refractivity (Wildman–Crippen MR) is 50.6 cm³/mol. The van der Waals surface area contributed by atoms with Crippen LogP contribution in [0, 0.1) is 0 Å². The minimum absolute atomic E-state index is 0.181. The van der Waals surface area contributed by atoms with Crippen molar-refractivity contribution < 1.29 is 10.2 Å². The molecule has 2 nitrogen and oxygen atoms in total. The Bertz CT molecular complexity index is 265. The van der Waals surface area contributed by atoms with Crippen LogP contribution < -0.4 is 0 Å². The maximum absolute atomic E-state index is 8.91. The molecule has 0 aliphatic rings. The minimum atomic E-state index is 0.181. The fraction of sp³-hybridized carbons (Fsp3) is 0.333. The van der Waals surface area contributed by atoms with Crippen LogP contribution in [0.5, 0.6) is 0 Å². The van der Waals surface area contributed by atoms with Crippen molar-refractivity contribution >= 4 is 11.3 Å². The highest BCUT2D eigenvalue weighted by Crippen LogP contribution is 2.18. The van der Waals surface area contributed by atoms with Gasteiger partial charge in [0.05, 0.1) is 5.76 Å². The molecular weight excluding hydrogens is 172 g/mol. The summed E-state index contributed by atoms with van der Waals surface area (Å²) < 4.78 is 0. The van der Waals surface area contributed by atoms with E-state index >= 15 is 0 Å². The summed E-state index contributed by atoms with van der Waals surface area (Å²) in [5.41, 5.74) is 0. The second kappa shape index (κ2) is 4.28. The monoisotopic (exact) mass is 184 g/mol. The van der Waals surface area contributed by atoms with Gasteiger partial charge in [-0.1, -0.05) is 6.58 Å². The van der Waals surface area contributed by atoms with Gasteiger partial charge < -0.3 is 10.2 Å². The lowest BCUT2D eigenvalue weighted by Gasteiger charge is -1.92. The van der Waals surface area contributed by atoms with E-state index in [4.69, 9.17) is 10.2 Å². The van der Waals surface area contributed by atoms with Gasteiger partial charge in [-0.25, -0.2) is 0 Å². The van der Waals surface area contributed by atoms with Crippen LogP contribution in [0.2, 0.25) is 0 Å². The summed E-state index contributed by atoms with van der Waals surface area (Å²) in [6, 6.07) is 3.93. The second-order valence-corrected chi connectivity index (χ2v) is 3.84. The first kappa shape index (κ1) is 9.29. The molecule has 0 bridgehead atoms. The van der Waals surface area contributed by atoms with E-state index in [0.717, 1.165) is 9.75 Å². The van der Waals surface area contributed by atoms with Gasteiger partial charge in [0, 0.05) is 29.2 Å². The Morgan fingerprint density at radius 1 is 1.42 bits per heavy atom. The first-order valence-corrected chi connectivity index (χ1v) is 4.59. The molecule has 0 aromatic carbocycles. The van der Waals surface area contributed by atoms with E-state index < -0.39 is 0 Å². The Labute approximate surface area is 75.8 Å². The van der Waals surface area contributed by atoms with Crippen molar-refractivity contribution in [3.63, 3.8) is 0 Å². The van der Waals surface area contributed by atoms with Crippen LogP contribution in [0.25, 0.3) is 0 Å². The lowest BCUT2D eigenvalue weighted by atomic mass is 10.3. The molecule has 66 valence electrons. The van der Waals surface area contributed by atoms with Crippen molar-refractivity contribution in [1.82, 2.24) is 0 Å². The summed E-state index contributed by atoms with van der Waals surface area (Å²) in [6.07, 6.45) is 1.22. The van der Waals surface area contributed by atoms with Crippen LogP contribution in [0.1, 0.15) is 9.75 Å². The van der Waals surface area contributed by atoms with Gasteiger partial charge in [0.15, 0.2) is 0 Å². The van der Waals surface area contributed by atoms with Crippen molar-refractivity contribution in [3.05, 3.63) is 34.2 Å². The summed E-state index contributed by atoms with van der Waals surface area (Å²) >= 11 is 1.60. The fourth-order valence-electron chi connectivity index (χ4n) is 0.963. The molecule has 0 aliphatic heterocycles. The molecule has 0 radical (unpaired) electrons. The maximum Gasteiger partial charge on any atom is 0.0903 e. The molecule has 2 N–H and O–H groups in total. The molecule has 0 fully saturated rings. The van der Waals surface area contributed by atoms with E-state index in [2.05, 4.69) is 6.58 Å². The van der Waals surface area contributed by atoms with Crippen LogP contribution in [-0.4, -0.2) is 16.8 Å². The van der Waals surface area contributed by atoms with Crippen LogP contribution in [0.15, 0.2) is 24.5 Å². The zero-order chi connectivity index (χ0) is 8.97. The number of rotatable bonds is 4. The lowest BCUT2D eigenvalue weighted by molar-refractivity contribution is 0.300. The standard InChI is InChI=1S/C9H12O2S/c1-7(11)6-9-3-2-8(12-9)4-5-10/h2-3,10-11H,1,4-6H2. The Hall–Kier alpha value is -0.800. The maximum atomic E-state index is 8.91. The molecule has 3 heteroatoms. The van der Waals surface area contributed by atoms with Gasteiger partial charge in [0.2, 0.25) is 0 Å². The van der Waals surface area contributed by atoms with Gasteiger partial charge in [0.1, 0.15) is 0 Å². The molecule has 0 unspecified atom stereocenters.